The quantitative estimate of drug-likeness (QED) is 0.629. The first-order chi connectivity index (χ1) is 14.8. The van der Waals surface area contributed by atoms with Crippen molar-refractivity contribution in [3.63, 3.8) is 0 Å². The normalized spacial score (nSPS) is 15.9. The summed E-state index contributed by atoms with van der Waals surface area (Å²) >= 11 is 1.03. The number of thiazole rings is 1. The van der Waals surface area contributed by atoms with E-state index in [2.05, 4.69) is 5.32 Å². The zero-order valence-electron chi connectivity index (χ0n) is 16.9. The summed E-state index contributed by atoms with van der Waals surface area (Å²) in [5, 5.41) is 2.59. The Balaban J connectivity index is 1.46. The minimum absolute atomic E-state index is 0.117. The number of nitrogens with one attached hydrogen (secondary N) is 1. The monoisotopic (exact) mass is 463 g/mol. The van der Waals surface area contributed by atoms with E-state index >= 15 is 0 Å². The highest BCUT2D eigenvalue weighted by molar-refractivity contribution is 7.89. The first-order valence-corrected chi connectivity index (χ1v) is 12.3. The molecule has 1 aliphatic rings. The molecular formula is C21H22FN3O4S2. The molecule has 10 heteroatoms. The van der Waals surface area contributed by atoms with Gasteiger partial charge in [0.2, 0.25) is 15.9 Å². The number of halogens is 1. The van der Waals surface area contributed by atoms with E-state index in [1.807, 2.05) is 6.92 Å². The van der Waals surface area contributed by atoms with E-state index in [-0.39, 0.29) is 34.5 Å². The standard InChI is InChI=1S/C21H22FN3O4S2/c1-2-25-18-8-7-15(13-19(18)30-21(25)27)31(28,29)24-11-9-14(10-12-24)20(26)23-17-6-4-3-5-16(17)22/h3-8,13-14H,2,9-12H2,1H3,(H,23,26). The number of hydrogen-bond donors (Lipinski definition) is 1. The molecule has 1 fully saturated rings. The molecule has 0 aliphatic carbocycles. The first kappa shape index (κ1) is 21.7. The Kier molecular flexibility index (Phi) is 5.96. The third-order valence-electron chi connectivity index (χ3n) is 5.55. The lowest BCUT2D eigenvalue weighted by Gasteiger charge is -2.30. The van der Waals surface area contributed by atoms with Gasteiger partial charge in [-0.2, -0.15) is 4.31 Å². The maximum Gasteiger partial charge on any atom is 0.308 e. The molecule has 2 heterocycles. The fourth-order valence-corrected chi connectivity index (χ4v) is 6.38. The molecule has 0 radical (unpaired) electrons. The second kappa shape index (κ2) is 8.52. The number of piperidine rings is 1. The Hall–Kier alpha value is -2.56. The minimum atomic E-state index is -3.74. The van der Waals surface area contributed by atoms with Crippen LogP contribution in [0.1, 0.15) is 19.8 Å². The number of benzene rings is 2. The van der Waals surface area contributed by atoms with Crippen molar-refractivity contribution in [2.75, 3.05) is 18.4 Å². The summed E-state index contributed by atoms with van der Waals surface area (Å²) in [6.45, 7) is 2.78. The van der Waals surface area contributed by atoms with Crippen LogP contribution >= 0.6 is 11.3 Å². The van der Waals surface area contributed by atoms with Crippen LogP contribution in [-0.4, -0.2) is 36.3 Å². The highest BCUT2D eigenvalue weighted by atomic mass is 32.2. The Morgan fingerprint density at radius 2 is 1.90 bits per heavy atom. The van der Waals surface area contributed by atoms with Gasteiger partial charge in [-0.3, -0.25) is 14.2 Å². The van der Waals surface area contributed by atoms with E-state index in [0.717, 1.165) is 16.9 Å². The molecule has 0 bridgehead atoms. The number of carbonyl (C=O) groups is 1. The highest BCUT2D eigenvalue weighted by Crippen LogP contribution is 2.28. The van der Waals surface area contributed by atoms with Crippen LogP contribution in [0.5, 0.6) is 0 Å². The van der Waals surface area contributed by atoms with Crippen molar-refractivity contribution in [2.45, 2.75) is 31.2 Å². The predicted molar refractivity (Wildman–Crippen MR) is 118 cm³/mol. The van der Waals surface area contributed by atoms with Gasteiger partial charge in [0.05, 0.1) is 20.8 Å². The van der Waals surface area contributed by atoms with Crippen molar-refractivity contribution in [3.05, 3.63) is 57.9 Å². The molecule has 1 amide bonds. The number of rotatable bonds is 5. The number of nitrogens with zero attached hydrogens (tertiary/aromatic N) is 2. The largest absolute Gasteiger partial charge is 0.323 e. The molecule has 0 unspecified atom stereocenters. The Bertz CT molecular complexity index is 1290. The average Bonchev–Trinajstić information content (AvgIpc) is 3.09. The van der Waals surface area contributed by atoms with Crippen LogP contribution in [0.2, 0.25) is 0 Å². The van der Waals surface area contributed by atoms with Crippen LogP contribution in [-0.2, 0) is 21.4 Å². The smallest absolute Gasteiger partial charge is 0.308 e. The number of amides is 1. The second-order valence-corrected chi connectivity index (χ2v) is 10.3. The average molecular weight is 464 g/mol. The van der Waals surface area contributed by atoms with Crippen LogP contribution in [0.25, 0.3) is 10.2 Å². The van der Waals surface area contributed by atoms with Crippen molar-refractivity contribution < 1.29 is 17.6 Å². The van der Waals surface area contributed by atoms with E-state index in [1.165, 1.54) is 22.5 Å². The molecule has 0 spiro atoms. The summed E-state index contributed by atoms with van der Waals surface area (Å²) in [7, 11) is -3.74. The molecule has 1 N–H and O–H groups in total. The summed E-state index contributed by atoms with van der Waals surface area (Å²) in [5.74, 6) is -1.21. The molecule has 1 saturated heterocycles. The van der Waals surface area contributed by atoms with Crippen molar-refractivity contribution in [1.82, 2.24) is 8.87 Å². The highest BCUT2D eigenvalue weighted by Gasteiger charge is 2.32. The Labute approximate surface area is 183 Å². The number of para-hydroxylation sites is 1. The number of carbonyl (C=O) groups excluding carboxylic acids is 1. The van der Waals surface area contributed by atoms with Crippen LogP contribution in [0.15, 0.2) is 52.2 Å². The number of fused-ring (bicyclic) bond motifs is 1. The van der Waals surface area contributed by atoms with E-state index in [9.17, 15) is 22.4 Å². The topological polar surface area (TPSA) is 88.5 Å². The van der Waals surface area contributed by atoms with Gasteiger partial charge >= 0.3 is 4.87 Å². The number of aromatic nitrogens is 1. The lowest BCUT2D eigenvalue weighted by molar-refractivity contribution is -0.120. The van der Waals surface area contributed by atoms with Gasteiger partial charge in [0, 0.05) is 25.6 Å². The zero-order valence-corrected chi connectivity index (χ0v) is 18.5. The second-order valence-electron chi connectivity index (χ2n) is 7.39. The van der Waals surface area contributed by atoms with Gasteiger partial charge in [-0.15, -0.1) is 0 Å². The molecule has 31 heavy (non-hydrogen) atoms. The van der Waals surface area contributed by atoms with Gasteiger partial charge in [0.25, 0.3) is 0 Å². The van der Waals surface area contributed by atoms with Crippen LogP contribution in [0, 0.1) is 11.7 Å². The molecule has 7 nitrogen and oxygen atoms in total. The Morgan fingerprint density at radius 1 is 1.19 bits per heavy atom. The van der Waals surface area contributed by atoms with Crippen LogP contribution in [0.3, 0.4) is 0 Å². The summed E-state index contributed by atoms with van der Waals surface area (Å²) < 4.78 is 43.6. The molecule has 0 atom stereocenters. The summed E-state index contributed by atoms with van der Waals surface area (Å²) in [4.78, 5) is 24.5. The lowest BCUT2D eigenvalue weighted by Crippen LogP contribution is -2.41. The number of anilines is 1. The summed E-state index contributed by atoms with van der Waals surface area (Å²) in [5.41, 5.74) is 0.842. The summed E-state index contributed by atoms with van der Waals surface area (Å²) in [6.07, 6.45) is 0.697. The molecule has 4 rings (SSSR count). The van der Waals surface area contributed by atoms with Crippen LogP contribution < -0.4 is 10.2 Å². The predicted octanol–water partition coefficient (Wildman–Crippen LogP) is 3.26. The van der Waals surface area contributed by atoms with Gasteiger partial charge in [-0.25, -0.2) is 12.8 Å². The van der Waals surface area contributed by atoms with Crippen molar-refractivity contribution in [2.24, 2.45) is 5.92 Å². The van der Waals surface area contributed by atoms with Gasteiger partial charge in [0.1, 0.15) is 5.82 Å². The number of sulfonamides is 1. The molecule has 2 aromatic carbocycles. The van der Waals surface area contributed by atoms with Crippen LogP contribution in [0.4, 0.5) is 10.1 Å². The zero-order chi connectivity index (χ0) is 22.2. The molecular weight excluding hydrogens is 441 g/mol. The van der Waals surface area contributed by atoms with E-state index in [4.69, 9.17) is 0 Å². The summed E-state index contributed by atoms with van der Waals surface area (Å²) in [6, 6.07) is 10.7. The minimum Gasteiger partial charge on any atom is -0.323 e. The van der Waals surface area contributed by atoms with Crippen molar-refractivity contribution >= 4 is 43.2 Å². The number of aryl methyl sites for hydroxylation is 1. The first-order valence-electron chi connectivity index (χ1n) is 10.00. The SMILES string of the molecule is CCn1c(=O)sc2cc(S(=O)(=O)N3CCC(C(=O)Nc4ccccc4F)CC3)ccc21. The van der Waals surface area contributed by atoms with Gasteiger partial charge in [-0.1, -0.05) is 23.5 Å². The van der Waals surface area contributed by atoms with Gasteiger partial charge in [0.15, 0.2) is 0 Å². The maximum atomic E-state index is 13.8. The van der Waals surface area contributed by atoms with Gasteiger partial charge < -0.3 is 5.32 Å². The van der Waals surface area contributed by atoms with E-state index in [0.29, 0.717) is 24.1 Å². The Morgan fingerprint density at radius 3 is 2.58 bits per heavy atom. The van der Waals surface area contributed by atoms with Crippen molar-refractivity contribution in [1.29, 1.82) is 0 Å². The molecule has 3 aromatic rings. The fraction of sp³-hybridized carbons (Fsp3) is 0.333. The molecule has 164 valence electrons. The van der Waals surface area contributed by atoms with Crippen molar-refractivity contribution in [3.8, 4) is 0 Å². The molecule has 1 aromatic heterocycles. The van der Waals surface area contributed by atoms with E-state index in [1.54, 1.807) is 28.8 Å². The number of hydrogen-bond acceptors (Lipinski definition) is 5. The maximum absolute atomic E-state index is 13.8. The molecule has 1 aliphatic heterocycles. The van der Waals surface area contributed by atoms with Gasteiger partial charge in [-0.05, 0) is 50.1 Å². The third-order valence-corrected chi connectivity index (χ3v) is 8.39. The molecule has 0 saturated carbocycles. The third kappa shape index (κ3) is 4.15. The van der Waals surface area contributed by atoms with E-state index < -0.39 is 21.8 Å². The lowest BCUT2D eigenvalue weighted by atomic mass is 9.97. The fourth-order valence-electron chi connectivity index (χ4n) is 3.81.